The summed E-state index contributed by atoms with van der Waals surface area (Å²) in [4.78, 5) is 14.7. The van der Waals surface area contributed by atoms with Crippen LogP contribution >= 0.6 is 12.2 Å². The topological polar surface area (TPSA) is 70.9 Å². The highest BCUT2D eigenvalue weighted by Gasteiger charge is 2.18. The molecule has 8 heteroatoms. The van der Waals surface area contributed by atoms with Crippen molar-refractivity contribution in [3.8, 4) is 5.75 Å². The van der Waals surface area contributed by atoms with E-state index in [4.69, 9.17) is 17.0 Å². The predicted octanol–water partition coefficient (Wildman–Crippen LogP) is 1.55. The van der Waals surface area contributed by atoms with E-state index in [0.717, 1.165) is 26.2 Å². The first kappa shape index (κ1) is 15.5. The molecule has 2 rings (SSSR count). The van der Waals surface area contributed by atoms with Crippen LogP contribution in [0.25, 0.3) is 0 Å². The fourth-order valence-corrected chi connectivity index (χ4v) is 2.40. The van der Waals surface area contributed by atoms with Gasteiger partial charge in [-0.3, -0.25) is 10.1 Å². The van der Waals surface area contributed by atoms with Crippen molar-refractivity contribution in [1.29, 1.82) is 0 Å². The zero-order chi connectivity index (χ0) is 15.4. The Balaban J connectivity index is 2.12. The van der Waals surface area contributed by atoms with E-state index in [0.29, 0.717) is 16.5 Å². The number of nitro groups is 1. The van der Waals surface area contributed by atoms with Gasteiger partial charge < -0.3 is 19.9 Å². The van der Waals surface area contributed by atoms with Crippen molar-refractivity contribution in [2.45, 2.75) is 0 Å². The molecule has 114 valence electrons. The Hall–Kier alpha value is -1.93. The first-order valence-electron chi connectivity index (χ1n) is 6.58. The molecule has 21 heavy (non-hydrogen) atoms. The molecule has 1 aromatic carbocycles. The molecule has 1 aliphatic rings. The third-order valence-electron chi connectivity index (χ3n) is 3.43. The fraction of sp³-hybridized carbons (Fsp3) is 0.462. The summed E-state index contributed by atoms with van der Waals surface area (Å²) in [7, 11) is 3.59. The molecule has 0 spiro atoms. The Labute approximate surface area is 128 Å². The van der Waals surface area contributed by atoms with Gasteiger partial charge in [0.1, 0.15) is 5.75 Å². The van der Waals surface area contributed by atoms with Gasteiger partial charge in [-0.15, -0.1) is 0 Å². The van der Waals surface area contributed by atoms with Crippen LogP contribution in [0.4, 0.5) is 11.4 Å². The van der Waals surface area contributed by atoms with E-state index in [1.54, 1.807) is 6.07 Å². The highest BCUT2D eigenvalue weighted by Crippen LogP contribution is 2.29. The fourth-order valence-electron chi connectivity index (χ4n) is 2.11. The van der Waals surface area contributed by atoms with Gasteiger partial charge in [0.15, 0.2) is 5.11 Å². The number of likely N-dealkylation sites (N-methyl/N-ethyl adjacent to an activating group) is 1. The number of ether oxygens (including phenoxy) is 1. The molecule has 1 saturated heterocycles. The Bertz CT molecular complexity index is 544. The summed E-state index contributed by atoms with van der Waals surface area (Å²) >= 11 is 5.38. The Morgan fingerprint density at radius 3 is 2.62 bits per heavy atom. The van der Waals surface area contributed by atoms with E-state index in [1.165, 1.54) is 19.2 Å². The van der Waals surface area contributed by atoms with Crippen molar-refractivity contribution in [3.05, 3.63) is 28.3 Å². The number of non-ortho nitro benzene ring substituents is 1. The van der Waals surface area contributed by atoms with Gasteiger partial charge in [0, 0.05) is 38.3 Å². The number of nitro benzene ring substituents is 1. The largest absolute Gasteiger partial charge is 0.495 e. The third-order valence-corrected chi connectivity index (χ3v) is 3.79. The van der Waals surface area contributed by atoms with E-state index >= 15 is 0 Å². The molecular weight excluding hydrogens is 292 g/mol. The molecule has 0 bridgehead atoms. The van der Waals surface area contributed by atoms with Gasteiger partial charge in [0.05, 0.1) is 17.7 Å². The van der Waals surface area contributed by atoms with Gasteiger partial charge in [-0.2, -0.15) is 0 Å². The molecule has 1 N–H and O–H groups in total. The third kappa shape index (κ3) is 3.79. The minimum atomic E-state index is -0.441. The molecule has 0 radical (unpaired) electrons. The molecular formula is C13H18N4O3S. The van der Waals surface area contributed by atoms with E-state index in [-0.39, 0.29) is 5.69 Å². The summed E-state index contributed by atoms with van der Waals surface area (Å²) in [5, 5.41) is 14.5. The number of thiocarbonyl (C=S) groups is 1. The van der Waals surface area contributed by atoms with E-state index in [2.05, 4.69) is 17.3 Å². The van der Waals surface area contributed by atoms with Gasteiger partial charge >= 0.3 is 0 Å². The number of nitrogens with one attached hydrogen (secondary N) is 1. The van der Waals surface area contributed by atoms with Crippen LogP contribution in [-0.2, 0) is 0 Å². The zero-order valence-electron chi connectivity index (χ0n) is 12.0. The maximum Gasteiger partial charge on any atom is 0.271 e. The monoisotopic (exact) mass is 310 g/mol. The molecule has 0 aromatic heterocycles. The summed E-state index contributed by atoms with van der Waals surface area (Å²) < 4.78 is 5.21. The van der Waals surface area contributed by atoms with Crippen molar-refractivity contribution < 1.29 is 9.66 Å². The molecule has 0 saturated carbocycles. The first-order valence-corrected chi connectivity index (χ1v) is 6.99. The molecule has 0 amide bonds. The first-order chi connectivity index (χ1) is 10.0. The number of benzene rings is 1. The van der Waals surface area contributed by atoms with E-state index in [9.17, 15) is 10.1 Å². The number of nitrogens with zero attached hydrogens (tertiary/aromatic N) is 3. The van der Waals surface area contributed by atoms with Gasteiger partial charge in [0.2, 0.25) is 0 Å². The second-order valence-electron chi connectivity index (χ2n) is 4.86. The van der Waals surface area contributed by atoms with Crippen molar-refractivity contribution >= 4 is 28.7 Å². The van der Waals surface area contributed by atoms with Gasteiger partial charge in [0.25, 0.3) is 5.69 Å². The lowest BCUT2D eigenvalue weighted by molar-refractivity contribution is -0.384. The molecule has 1 aliphatic heterocycles. The van der Waals surface area contributed by atoms with Crippen LogP contribution in [-0.4, -0.2) is 60.2 Å². The molecule has 1 fully saturated rings. The minimum Gasteiger partial charge on any atom is -0.495 e. The summed E-state index contributed by atoms with van der Waals surface area (Å²) in [6, 6.07) is 4.40. The molecule has 0 atom stereocenters. The summed E-state index contributed by atoms with van der Waals surface area (Å²) in [6.45, 7) is 3.54. The van der Waals surface area contributed by atoms with Crippen molar-refractivity contribution in [2.75, 3.05) is 45.7 Å². The van der Waals surface area contributed by atoms with Gasteiger partial charge in [-0.25, -0.2) is 0 Å². The molecule has 1 heterocycles. The number of hydrogen-bond donors (Lipinski definition) is 1. The lowest BCUT2D eigenvalue weighted by atomic mass is 10.2. The number of piperazine rings is 1. The highest BCUT2D eigenvalue weighted by atomic mass is 32.1. The van der Waals surface area contributed by atoms with Crippen molar-refractivity contribution in [2.24, 2.45) is 0 Å². The quantitative estimate of drug-likeness (QED) is 0.516. The minimum absolute atomic E-state index is 0.000484. The van der Waals surface area contributed by atoms with Gasteiger partial charge in [-0.05, 0) is 25.3 Å². The van der Waals surface area contributed by atoms with Crippen molar-refractivity contribution in [1.82, 2.24) is 9.80 Å². The van der Waals surface area contributed by atoms with Crippen molar-refractivity contribution in [3.63, 3.8) is 0 Å². The molecule has 0 unspecified atom stereocenters. The second-order valence-corrected chi connectivity index (χ2v) is 5.25. The maximum absolute atomic E-state index is 10.9. The predicted molar refractivity (Wildman–Crippen MR) is 84.9 cm³/mol. The second kappa shape index (κ2) is 6.68. The number of hydrogen-bond acceptors (Lipinski definition) is 5. The summed E-state index contributed by atoms with van der Waals surface area (Å²) in [5.74, 6) is 0.525. The summed E-state index contributed by atoms with van der Waals surface area (Å²) in [6.07, 6.45) is 0. The van der Waals surface area contributed by atoms with Crippen LogP contribution in [0.15, 0.2) is 18.2 Å². The van der Waals surface area contributed by atoms with E-state index in [1.807, 2.05) is 4.90 Å². The van der Waals surface area contributed by atoms with Crippen LogP contribution in [0.1, 0.15) is 0 Å². The van der Waals surface area contributed by atoms with Gasteiger partial charge in [-0.1, -0.05) is 0 Å². The lowest BCUT2D eigenvalue weighted by Crippen LogP contribution is -2.48. The highest BCUT2D eigenvalue weighted by molar-refractivity contribution is 7.80. The molecule has 7 nitrogen and oxygen atoms in total. The van der Waals surface area contributed by atoms with E-state index < -0.39 is 4.92 Å². The van der Waals surface area contributed by atoms with Crippen LogP contribution in [0.5, 0.6) is 5.75 Å². The van der Waals surface area contributed by atoms with Crippen LogP contribution in [0.2, 0.25) is 0 Å². The lowest BCUT2D eigenvalue weighted by Gasteiger charge is -2.34. The normalized spacial score (nSPS) is 15.6. The SMILES string of the molecule is COc1ccc([N+](=O)[O-])cc1NC(=S)N1CCN(C)CC1. The average Bonchev–Trinajstić information content (AvgIpc) is 2.47. The Morgan fingerprint density at radius 1 is 1.38 bits per heavy atom. The van der Waals surface area contributed by atoms with Crippen LogP contribution < -0.4 is 10.1 Å². The van der Waals surface area contributed by atoms with Crippen LogP contribution in [0, 0.1) is 10.1 Å². The smallest absolute Gasteiger partial charge is 0.271 e. The molecule has 1 aromatic rings. The molecule has 0 aliphatic carbocycles. The Kier molecular flexibility index (Phi) is 4.92. The number of methoxy groups -OCH3 is 1. The number of anilines is 1. The standard InChI is InChI=1S/C13H18N4O3S/c1-15-5-7-16(8-6-15)13(21)14-11-9-10(17(18)19)3-4-12(11)20-2/h3-4,9H,5-8H2,1-2H3,(H,14,21). The maximum atomic E-state index is 10.9. The summed E-state index contributed by atoms with van der Waals surface area (Å²) in [5.41, 5.74) is 0.509. The Morgan fingerprint density at radius 2 is 2.05 bits per heavy atom. The number of rotatable bonds is 3. The van der Waals surface area contributed by atoms with Crippen LogP contribution in [0.3, 0.4) is 0 Å². The average molecular weight is 310 g/mol. The zero-order valence-corrected chi connectivity index (χ0v) is 12.9.